The Morgan fingerprint density at radius 1 is 1.12 bits per heavy atom. The summed E-state index contributed by atoms with van der Waals surface area (Å²) in [5.41, 5.74) is 0.106. The van der Waals surface area contributed by atoms with Crippen molar-refractivity contribution in [2.75, 3.05) is 13.1 Å². The zero-order chi connectivity index (χ0) is 19.1. The molecule has 0 unspecified atom stereocenters. The second-order valence-electron chi connectivity index (χ2n) is 7.18. The molecule has 0 aromatic heterocycles. The highest BCUT2D eigenvalue weighted by atomic mass is 32.2. The largest absolute Gasteiger partial charge is 0.325 e. The Labute approximate surface area is 154 Å². The lowest BCUT2D eigenvalue weighted by atomic mass is 9.88. The second-order valence-corrected chi connectivity index (χ2v) is 9.12. The van der Waals surface area contributed by atoms with Crippen molar-refractivity contribution < 1.29 is 18.0 Å². The Bertz CT molecular complexity index is 809. The van der Waals surface area contributed by atoms with E-state index in [0.717, 1.165) is 12.0 Å². The predicted molar refractivity (Wildman–Crippen MR) is 97.1 cm³/mol. The Morgan fingerprint density at radius 2 is 1.69 bits per heavy atom. The number of nitrogens with zero attached hydrogens (tertiary/aromatic N) is 2. The first-order valence-corrected chi connectivity index (χ1v) is 10.4. The molecule has 2 fully saturated rings. The van der Waals surface area contributed by atoms with Gasteiger partial charge in [-0.05, 0) is 50.8 Å². The fraction of sp³-hybridized carbons (Fsp3) is 0.556. The molecule has 142 valence electrons. The first-order valence-electron chi connectivity index (χ1n) is 8.96. The van der Waals surface area contributed by atoms with E-state index in [1.165, 1.54) is 9.21 Å². The van der Waals surface area contributed by atoms with Crippen molar-refractivity contribution in [1.29, 1.82) is 0 Å². The van der Waals surface area contributed by atoms with Crippen LogP contribution in [0.25, 0.3) is 0 Å². The van der Waals surface area contributed by atoms with Gasteiger partial charge in [-0.25, -0.2) is 13.2 Å². The molecule has 8 heteroatoms. The number of hydrogen-bond donors (Lipinski definition) is 1. The van der Waals surface area contributed by atoms with Crippen molar-refractivity contribution >= 4 is 22.0 Å². The molecule has 0 bridgehead atoms. The van der Waals surface area contributed by atoms with Crippen molar-refractivity contribution in [3.8, 4) is 0 Å². The molecule has 3 amide bonds. The minimum Gasteiger partial charge on any atom is -0.323 e. The standard InChI is InChI=1S/C18H25N3O4S/c1-4-14-5-7-15(8-6-14)26(24,25)20-11-9-18(10-12-20)16(22)21(13(2)3)17(23)19-18/h5-8,13H,4,9-12H2,1-3H3,(H,19,23). The van der Waals surface area contributed by atoms with Gasteiger partial charge in [0, 0.05) is 19.1 Å². The van der Waals surface area contributed by atoms with Gasteiger partial charge in [-0.3, -0.25) is 9.69 Å². The van der Waals surface area contributed by atoms with Crippen LogP contribution < -0.4 is 5.32 Å². The molecule has 0 aliphatic carbocycles. The molecule has 0 saturated carbocycles. The number of benzene rings is 1. The van der Waals surface area contributed by atoms with Crippen LogP contribution in [0, 0.1) is 0 Å². The highest BCUT2D eigenvalue weighted by Gasteiger charge is 2.53. The smallest absolute Gasteiger partial charge is 0.323 e. The van der Waals surface area contributed by atoms with Gasteiger partial charge in [0.1, 0.15) is 5.54 Å². The van der Waals surface area contributed by atoms with E-state index in [9.17, 15) is 18.0 Å². The van der Waals surface area contributed by atoms with E-state index in [0.29, 0.717) is 0 Å². The number of rotatable bonds is 4. The molecule has 1 aromatic rings. The van der Waals surface area contributed by atoms with Crippen LogP contribution in [0.5, 0.6) is 0 Å². The summed E-state index contributed by atoms with van der Waals surface area (Å²) in [4.78, 5) is 26.3. The molecule has 2 saturated heterocycles. The normalized spacial score (nSPS) is 20.8. The molecule has 1 N–H and O–H groups in total. The Morgan fingerprint density at radius 3 is 2.15 bits per heavy atom. The number of hydrogen-bond acceptors (Lipinski definition) is 4. The van der Waals surface area contributed by atoms with Gasteiger partial charge >= 0.3 is 6.03 Å². The third-order valence-corrected chi connectivity index (χ3v) is 7.17. The van der Waals surface area contributed by atoms with E-state index in [-0.39, 0.29) is 42.8 Å². The van der Waals surface area contributed by atoms with Gasteiger partial charge in [-0.2, -0.15) is 4.31 Å². The van der Waals surface area contributed by atoms with Gasteiger partial charge in [0.25, 0.3) is 5.91 Å². The lowest BCUT2D eigenvalue weighted by molar-refractivity contribution is -0.133. The van der Waals surface area contributed by atoms with Gasteiger partial charge < -0.3 is 5.32 Å². The van der Waals surface area contributed by atoms with Gasteiger partial charge in [0.15, 0.2) is 0 Å². The number of nitrogens with one attached hydrogen (secondary N) is 1. The predicted octanol–water partition coefficient (Wildman–Crippen LogP) is 1.73. The van der Waals surface area contributed by atoms with E-state index in [1.807, 2.05) is 19.1 Å². The molecular formula is C18H25N3O4S. The van der Waals surface area contributed by atoms with Crippen LogP contribution in [0.2, 0.25) is 0 Å². The fourth-order valence-electron chi connectivity index (χ4n) is 3.60. The summed E-state index contributed by atoms with van der Waals surface area (Å²) in [6, 6.07) is 6.28. The Kier molecular flexibility index (Phi) is 4.83. The molecule has 1 aromatic carbocycles. The fourth-order valence-corrected chi connectivity index (χ4v) is 5.04. The van der Waals surface area contributed by atoms with Crippen molar-refractivity contribution in [2.24, 2.45) is 0 Å². The van der Waals surface area contributed by atoms with Crippen LogP contribution in [0.15, 0.2) is 29.2 Å². The number of piperidine rings is 1. The average molecular weight is 379 g/mol. The minimum absolute atomic E-state index is 0.204. The first kappa shape index (κ1) is 18.8. The van der Waals surface area contributed by atoms with E-state index in [1.54, 1.807) is 26.0 Å². The van der Waals surface area contributed by atoms with E-state index in [2.05, 4.69) is 5.32 Å². The van der Waals surface area contributed by atoms with Gasteiger partial charge in [0.2, 0.25) is 10.0 Å². The highest BCUT2D eigenvalue weighted by Crippen LogP contribution is 2.32. The lowest BCUT2D eigenvalue weighted by Gasteiger charge is -2.36. The zero-order valence-corrected chi connectivity index (χ0v) is 16.2. The lowest BCUT2D eigenvalue weighted by Crippen LogP contribution is -2.56. The Hall–Kier alpha value is -1.93. The molecule has 1 spiro atoms. The number of carbonyl (C=O) groups excluding carboxylic acids is 2. The molecule has 2 heterocycles. The molecular weight excluding hydrogens is 354 g/mol. The van der Waals surface area contributed by atoms with Crippen LogP contribution in [-0.2, 0) is 21.2 Å². The SMILES string of the molecule is CCc1ccc(S(=O)(=O)N2CCC3(CC2)NC(=O)N(C(C)C)C3=O)cc1. The molecule has 0 radical (unpaired) electrons. The van der Waals surface area contributed by atoms with E-state index < -0.39 is 21.6 Å². The maximum absolute atomic E-state index is 12.9. The number of sulfonamides is 1. The number of amides is 3. The number of urea groups is 1. The maximum Gasteiger partial charge on any atom is 0.325 e. The minimum atomic E-state index is -3.60. The molecule has 7 nitrogen and oxygen atoms in total. The first-order chi connectivity index (χ1) is 12.2. The molecule has 2 aliphatic rings. The van der Waals surface area contributed by atoms with Crippen LogP contribution in [0.1, 0.15) is 39.2 Å². The maximum atomic E-state index is 12.9. The van der Waals surface area contributed by atoms with Crippen molar-refractivity contribution in [3.63, 3.8) is 0 Å². The van der Waals surface area contributed by atoms with E-state index in [4.69, 9.17) is 0 Å². The highest BCUT2D eigenvalue weighted by molar-refractivity contribution is 7.89. The monoisotopic (exact) mass is 379 g/mol. The average Bonchev–Trinajstić information content (AvgIpc) is 2.85. The molecule has 2 aliphatic heterocycles. The summed E-state index contributed by atoms with van der Waals surface area (Å²) in [6.07, 6.45) is 1.42. The van der Waals surface area contributed by atoms with E-state index >= 15 is 0 Å². The summed E-state index contributed by atoms with van der Waals surface area (Å²) < 4.78 is 27.1. The number of aryl methyl sites for hydroxylation is 1. The van der Waals surface area contributed by atoms with Crippen molar-refractivity contribution in [2.45, 2.75) is 56.5 Å². The molecule has 0 atom stereocenters. The third kappa shape index (κ3) is 3.01. The third-order valence-electron chi connectivity index (χ3n) is 5.25. The zero-order valence-electron chi connectivity index (χ0n) is 15.4. The Balaban J connectivity index is 1.75. The molecule has 26 heavy (non-hydrogen) atoms. The van der Waals surface area contributed by atoms with Crippen LogP contribution in [0.3, 0.4) is 0 Å². The van der Waals surface area contributed by atoms with Crippen LogP contribution in [-0.4, -0.2) is 54.2 Å². The van der Waals surface area contributed by atoms with Crippen LogP contribution >= 0.6 is 0 Å². The topological polar surface area (TPSA) is 86.8 Å². The number of carbonyl (C=O) groups is 2. The van der Waals surface area contributed by atoms with Gasteiger partial charge in [-0.1, -0.05) is 19.1 Å². The summed E-state index contributed by atoms with van der Waals surface area (Å²) >= 11 is 0. The second kappa shape index (κ2) is 6.66. The van der Waals surface area contributed by atoms with Crippen LogP contribution in [0.4, 0.5) is 4.79 Å². The van der Waals surface area contributed by atoms with Gasteiger partial charge in [0.05, 0.1) is 4.90 Å². The van der Waals surface area contributed by atoms with Crippen molar-refractivity contribution in [3.05, 3.63) is 29.8 Å². The summed E-state index contributed by atoms with van der Waals surface area (Å²) in [5, 5.41) is 2.79. The molecule has 3 rings (SSSR count). The van der Waals surface area contributed by atoms with Gasteiger partial charge in [-0.15, -0.1) is 0 Å². The quantitative estimate of drug-likeness (QED) is 0.807. The summed E-state index contributed by atoms with van der Waals surface area (Å²) in [7, 11) is -3.60. The number of imide groups is 1. The summed E-state index contributed by atoms with van der Waals surface area (Å²) in [6.45, 7) is 6.00. The summed E-state index contributed by atoms with van der Waals surface area (Å²) in [5.74, 6) is -0.248. The van der Waals surface area contributed by atoms with Crippen molar-refractivity contribution in [1.82, 2.24) is 14.5 Å².